The summed E-state index contributed by atoms with van der Waals surface area (Å²) in [5.74, 6) is 1.39. The molecule has 1 aliphatic heterocycles. The Labute approximate surface area is 121 Å². The molecule has 0 amide bonds. The van der Waals surface area contributed by atoms with Gasteiger partial charge in [-0.3, -0.25) is 0 Å². The zero-order chi connectivity index (χ0) is 14.2. The highest BCUT2D eigenvalue weighted by Crippen LogP contribution is 2.25. The summed E-state index contributed by atoms with van der Waals surface area (Å²) in [7, 11) is 1.62. The first-order valence-electron chi connectivity index (χ1n) is 7.46. The van der Waals surface area contributed by atoms with Crippen molar-refractivity contribution in [1.29, 1.82) is 0 Å². The number of likely N-dealkylation sites (tertiary alicyclic amines) is 1. The lowest BCUT2D eigenvalue weighted by molar-refractivity contribution is 0.0683. The summed E-state index contributed by atoms with van der Waals surface area (Å²) in [5, 5.41) is 10.1. The van der Waals surface area contributed by atoms with Crippen LogP contribution in [0.1, 0.15) is 25.7 Å². The van der Waals surface area contributed by atoms with Crippen molar-refractivity contribution in [3.63, 3.8) is 0 Å². The Morgan fingerprint density at radius 1 is 1.10 bits per heavy atom. The second-order valence-corrected chi connectivity index (χ2v) is 5.33. The summed E-state index contributed by atoms with van der Waals surface area (Å²) in [6.07, 6.45) is 4.63. The van der Waals surface area contributed by atoms with E-state index in [9.17, 15) is 5.11 Å². The lowest BCUT2D eigenvalue weighted by Gasteiger charge is -2.23. The van der Waals surface area contributed by atoms with Crippen LogP contribution >= 0.6 is 0 Å². The molecule has 1 aromatic carbocycles. The first-order chi connectivity index (χ1) is 9.79. The number of para-hydroxylation sites is 2. The van der Waals surface area contributed by atoms with Crippen LogP contribution in [0.15, 0.2) is 24.3 Å². The molecule has 0 aliphatic carbocycles. The van der Waals surface area contributed by atoms with Gasteiger partial charge in [0.2, 0.25) is 0 Å². The number of aliphatic hydroxyl groups excluding tert-OH is 1. The molecule has 20 heavy (non-hydrogen) atoms. The van der Waals surface area contributed by atoms with Crippen LogP contribution < -0.4 is 9.47 Å². The van der Waals surface area contributed by atoms with E-state index in [1.165, 1.54) is 25.7 Å². The van der Waals surface area contributed by atoms with Crippen molar-refractivity contribution in [2.45, 2.75) is 31.8 Å². The molecule has 1 heterocycles. The Morgan fingerprint density at radius 3 is 2.40 bits per heavy atom. The molecule has 0 spiro atoms. The first-order valence-corrected chi connectivity index (χ1v) is 7.46. The monoisotopic (exact) mass is 279 g/mol. The zero-order valence-electron chi connectivity index (χ0n) is 12.3. The maximum atomic E-state index is 10.1. The van der Waals surface area contributed by atoms with Crippen LogP contribution in [0.3, 0.4) is 0 Å². The minimum absolute atomic E-state index is 0.302. The van der Waals surface area contributed by atoms with Crippen LogP contribution in [0.5, 0.6) is 11.5 Å². The number of ether oxygens (including phenoxy) is 2. The molecule has 4 nitrogen and oxygen atoms in total. The number of aliphatic hydroxyl groups is 1. The maximum absolute atomic E-state index is 10.1. The Bertz CT molecular complexity index is 389. The van der Waals surface area contributed by atoms with Crippen molar-refractivity contribution >= 4 is 0 Å². The molecule has 0 saturated carbocycles. The highest BCUT2D eigenvalue weighted by Gasteiger charge is 2.14. The molecule has 112 valence electrons. The van der Waals surface area contributed by atoms with Gasteiger partial charge in [0.1, 0.15) is 12.7 Å². The van der Waals surface area contributed by atoms with E-state index >= 15 is 0 Å². The smallest absolute Gasteiger partial charge is 0.161 e. The number of methoxy groups -OCH3 is 1. The molecule has 1 unspecified atom stereocenters. The average Bonchev–Trinajstić information content (AvgIpc) is 2.74. The van der Waals surface area contributed by atoms with Crippen molar-refractivity contribution in [3.05, 3.63) is 24.3 Å². The second-order valence-electron chi connectivity index (χ2n) is 5.33. The third-order valence-corrected chi connectivity index (χ3v) is 3.67. The van der Waals surface area contributed by atoms with Gasteiger partial charge in [-0.05, 0) is 38.1 Å². The summed E-state index contributed by atoms with van der Waals surface area (Å²) < 4.78 is 10.9. The van der Waals surface area contributed by atoms with Crippen LogP contribution in [-0.4, -0.2) is 49.5 Å². The van der Waals surface area contributed by atoms with Gasteiger partial charge in [-0.1, -0.05) is 25.0 Å². The standard InChI is InChI=1S/C16H25NO3/c1-19-15-8-4-5-9-16(15)20-13-14(18)12-17-10-6-2-3-7-11-17/h4-5,8-9,14,18H,2-3,6-7,10-13H2,1H3. The van der Waals surface area contributed by atoms with Crippen molar-refractivity contribution in [1.82, 2.24) is 4.90 Å². The van der Waals surface area contributed by atoms with Crippen molar-refractivity contribution in [3.8, 4) is 11.5 Å². The Balaban J connectivity index is 1.77. The predicted molar refractivity (Wildman–Crippen MR) is 79.4 cm³/mol. The molecule has 0 bridgehead atoms. The third-order valence-electron chi connectivity index (χ3n) is 3.67. The largest absolute Gasteiger partial charge is 0.493 e. The van der Waals surface area contributed by atoms with Crippen LogP contribution in [-0.2, 0) is 0 Å². The molecular weight excluding hydrogens is 254 g/mol. The van der Waals surface area contributed by atoms with Gasteiger partial charge in [-0.2, -0.15) is 0 Å². The van der Waals surface area contributed by atoms with Gasteiger partial charge in [-0.25, -0.2) is 0 Å². The average molecular weight is 279 g/mol. The van der Waals surface area contributed by atoms with Gasteiger partial charge in [0.05, 0.1) is 7.11 Å². The number of nitrogens with zero attached hydrogens (tertiary/aromatic N) is 1. The van der Waals surface area contributed by atoms with E-state index in [1.54, 1.807) is 7.11 Å². The van der Waals surface area contributed by atoms with E-state index in [-0.39, 0.29) is 0 Å². The van der Waals surface area contributed by atoms with Crippen LogP contribution in [0, 0.1) is 0 Å². The molecule has 1 N–H and O–H groups in total. The fraction of sp³-hybridized carbons (Fsp3) is 0.625. The van der Waals surface area contributed by atoms with E-state index in [4.69, 9.17) is 9.47 Å². The van der Waals surface area contributed by atoms with E-state index in [0.29, 0.717) is 24.7 Å². The Kier molecular flexibility index (Phi) is 6.15. The van der Waals surface area contributed by atoms with E-state index in [1.807, 2.05) is 24.3 Å². The second kappa shape index (κ2) is 8.12. The van der Waals surface area contributed by atoms with Crippen LogP contribution in [0.4, 0.5) is 0 Å². The zero-order valence-corrected chi connectivity index (χ0v) is 12.3. The minimum atomic E-state index is -0.460. The highest BCUT2D eigenvalue weighted by molar-refractivity contribution is 5.39. The molecule has 1 fully saturated rings. The van der Waals surface area contributed by atoms with Gasteiger partial charge in [-0.15, -0.1) is 0 Å². The number of rotatable bonds is 6. The summed E-state index contributed by atoms with van der Waals surface area (Å²) in [6, 6.07) is 7.52. The fourth-order valence-corrected chi connectivity index (χ4v) is 2.59. The molecule has 1 saturated heterocycles. The van der Waals surface area contributed by atoms with Crippen LogP contribution in [0.25, 0.3) is 0 Å². The van der Waals surface area contributed by atoms with Gasteiger partial charge >= 0.3 is 0 Å². The summed E-state index contributed by atoms with van der Waals surface area (Å²) in [6.45, 7) is 3.17. The van der Waals surface area contributed by atoms with Crippen molar-refractivity contribution in [2.24, 2.45) is 0 Å². The van der Waals surface area contributed by atoms with Crippen LogP contribution in [0.2, 0.25) is 0 Å². The van der Waals surface area contributed by atoms with E-state index in [0.717, 1.165) is 13.1 Å². The summed E-state index contributed by atoms with van der Waals surface area (Å²) in [4.78, 5) is 2.34. The fourth-order valence-electron chi connectivity index (χ4n) is 2.59. The Hall–Kier alpha value is -1.26. The first kappa shape index (κ1) is 15.1. The molecule has 1 atom stereocenters. The van der Waals surface area contributed by atoms with Gasteiger partial charge in [0, 0.05) is 6.54 Å². The van der Waals surface area contributed by atoms with E-state index < -0.39 is 6.10 Å². The van der Waals surface area contributed by atoms with Gasteiger partial charge < -0.3 is 19.5 Å². The molecule has 0 radical (unpaired) electrons. The van der Waals surface area contributed by atoms with E-state index in [2.05, 4.69) is 4.90 Å². The summed E-state index contributed by atoms with van der Waals surface area (Å²) >= 11 is 0. The van der Waals surface area contributed by atoms with Crippen molar-refractivity contribution < 1.29 is 14.6 Å². The number of β-amino-alcohol motifs (C(OH)–C–C–N with tert-alkyl or cyclic N) is 1. The maximum Gasteiger partial charge on any atom is 0.161 e. The minimum Gasteiger partial charge on any atom is -0.493 e. The third kappa shape index (κ3) is 4.69. The molecular formula is C16H25NO3. The summed E-state index contributed by atoms with van der Waals surface area (Å²) in [5.41, 5.74) is 0. The number of hydrogen-bond donors (Lipinski definition) is 1. The number of hydrogen-bond acceptors (Lipinski definition) is 4. The molecule has 4 heteroatoms. The van der Waals surface area contributed by atoms with Crippen molar-refractivity contribution in [2.75, 3.05) is 33.4 Å². The SMILES string of the molecule is COc1ccccc1OCC(O)CN1CCCCCC1. The molecule has 0 aromatic heterocycles. The molecule has 2 rings (SSSR count). The Morgan fingerprint density at radius 2 is 1.75 bits per heavy atom. The molecule has 1 aliphatic rings. The van der Waals surface area contributed by atoms with Gasteiger partial charge in [0.25, 0.3) is 0 Å². The lowest BCUT2D eigenvalue weighted by Crippen LogP contribution is -2.36. The normalized spacial score (nSPS) is 18.3. The predicted octanol–water partition coefficient (Wildman–Crippen LogP) is 2.31. The lowest BCUT2D eigenvalue weighted by atomic mass is 10.2. The highest BCUT2D eigenvalue weighted by atomic mass is 16.5. The topological polar surface area (TPSA) is 41.9 Å². The molecule has 1 aromatic rings. The number of benzene rings is 1. The quantitative estimate of drug-likeness (QED) is 0.867. The van der Waals surface area contributed by atoms with Gasteiger partial charge in [0.15, 0.2) is 11.5 Å².